The highest BCUT2D eigenvalue weighted by Gasteiger charge is 2.16. The minimum atomic E-state index is 0.870. The topological polar surface area (TPSA) is 30.7 Å². The van der Waals surface area contributed by atoms with Crippen molar-refractivity contribution < 1.29 is 0 Å². The van der Waals surface area contributed by atoms with Crippen molar-refractivity contribution >= 4 is 33.1 Å². The maximum absolute atomic E-state index is 5.22. The molecule has 2 aromatic heterocycles. The fraction of sp³-hybridized carbons (Fsp3) is 0. The Morgan fingerprint density at radius 2 is 0.951 bits per heavy atom. The van der Waals surface area contributed by atoms with Gasteiger partial charge >= 0.3 is 0 Å². The molecule has 0 aliphatic carbocycles. The van der Waals surface area contributed by atoms with Crippen molar-refractivity contribution in [2.75, 3.05) is 0 Å². The molecule has 192 valence electrons. The van der Waals surface area contributed by atoms with Gasteiger partial charge in [0.15, 0.2) is 5.65 Å². The Labute approximate surface area is 238 Å². The van der Waals surface area contributed by atoms with Crippen LogP contribution in [0.25, 0.3) is 72.2 Å². The van der Waals surface area contributed by atoms with Gasteiger partial charge in [-0.3, -0.25) is 4.57 Å². The first-order valence-corrected chi connectivity index (χ1v) is 13.8. The summed E-state index contributed by atoms with van der Waals surface area (Å²) in [6.45, 7) is 0. The Balaban J connectivity index is 1.34. The number of para-hydroxylation sites is 2. The second kappa shape index (κ2) is 9.58. The molecule has 0 atom stereocenters. The van der Waals surface area contributed by atoms with E-state index in [-0.39, 0.29) is 0 Å². The van der Waals surface area contributed by atoms with E-state index in [4.69, 9.17) is 9.97 Å². The fourth-order valence-electron chi connectivity index (χ4n) is 5.77. The predicted octanol–water partition coefficient (Wildman–Crippen LogP) is 9.73. The van der Waals surface area contributed by atoms with E-state index in [9.17, 15) is 0 Å². The van der Waals surface area contributed by atoms with E-state index in [1.54, 1.807) is 0 Å². The number of hydrogen-bond donors (Lipinski definition) is 0. The molecular weight excluding hydrogens is 498 g/mol. The Hall–Kier alpha value is -5.54. The number of rotatable bonds is 4. The van der Waals surface area contributed by atoms with Gasteiger partial charge in [0.25, 0.3) is 0 Å². The second-order valence-electron chi connectivity index (χ2n) is 10.3. The Bertz CT molecular complexity index is 2120. The lowest BCUT2D eigenvalue weighted by atomic mass is 9.93. The molecule has 0 aliphatic heterocycles. The average Bonchev–Trinajstić information content (AvgIpc) is 3.37. The SMILES string of the molecule is c1ccc(-c2cc(-c3ccccc3)cc(-c3ccc4nc5c(nc4c3)c3ccccc3n5-c3ccccc3)c2)cc1. The van der Waals surface area contributed by atoms with Crippen LogP contribution in [-0.2, 0) is 0 Å². The van der Waals surface area contributed by atoms with Gasteiger partial charge in [0.1, 0.15) is 5.52 Å². The summed E-state index contributed by atoms with van der Waals surface area (Å²) < 4.78 is 2.21. The van der Waals surface area contributed by atoms with Crippen molar-refractivity contribution in [1.82, 2.24) is 14.5 Å². The van der Waals surface area contributed by atoms with Crippen LogP contribution in [-0.4, -0.2) is 14.5 Å². The van der Waals surface area contributed by atoms with Gasteiger partial charge in [-0.05, 0) is 81.9 Å². The molecule has 2 heterocycles. The van der Waals surface area contributed by atoms with Gasteiger partial charge < -0.3 is 0 Å². The summed E-state index contributed by atoms with van der Waals surface area (Å²) >= 11 is 0. The van der Waals surface area contributed by atoms with Crippen LogP contribution in [0.4, 0.5) is 0 Å². The fourth-order valence-corrected chi connectivity index (χ4v) is 5.77. The van der Waals surface area contributed by atoms with Crippen LogP contribution < -0.4 is 0 Å². The number of aromatic nitrogens is 3. The lowest BCUT2D eigenvalue weighted by Gasteiger charge is -2.12. The van der Waals surface area contributed by atoms with Gasteiger partial charge in [-0.1, -0.05) is 103 Å². The number of nitrogens with zero attached hydrogens (tertiary/aromatic N) is 3. The average molecular weight is 524 g/mol. The molecule has 0 N–H and O–H groups in total. The second-order valence-corrected chi connectivity index (χ2v) is 10.3. The van der Waals surface area contributed by atoms with Crippen LogP contribution in [0.1, 0.15) is 0 Å². The monoisotopic (exact) mass is 523 g/mol. The third kappa shape index (κ3) is 4.07. The molecule has 0 bridgehead atoms. The third-order valence-electron chi connectivity index (χ3n) is 7.75. The molecule has 8 aromatic rings. The van der Waals surface area contributed by atoms with Crippen LogP contribution in [0.2, 0.25) is 0 Å². The third-order valence-corrected chi connectivity index (χ3v) is 7.75. The van der Waals surface area contributed by atoms with Crippen molar-refractivity contribution in [2.24, 2.45) is 0 Å². The first kappa shape index (κ1) is 23.4. The summed E-state index contributed by atoms with van der Waals surface area (Å²) in [5, 5.41) is 1.10. The standard InChI is InChI=1S/C38H25N3/c1-4-12-26(13-5-1)29-22-30(27-14-6-2-7-15-27)24-31(23-29)28-20-21-34-35(25-28)39-37-33-18-10-11-19-36(33)41(38(37)40-34)32-16-8-3-9-17-32/h1-25H. The minimum Gasteiger partial charge on any atom is -0.293 e. The number of hydrogen-bond acceptors (Lipinski definition) is 2. The molecule has 6 aromatic carbocycles. The molecule has 0 aliphatic rings. The summed E-state index contributed by atoms with van der Waals surface area (Å²) in [6, 6.07) is 53.2. The molecule has 41 heavy (non-hydrogen) atoms. The highest BCUT2D eigenvalue weighted by Crippen LogP contribution is 2.35. The van der Waals surface area contributed by atoms with E-state index < -0.39 is 0 Å². The van der Waals surface area contributed by atoms with Crippen LogP contribution in [0.15, 0.2) is 152 Å². The van der Waals surface area contributed by atoms with Crippen molar-refractivity contribution in [3.8, 4) is 39.1 Å². The van der Waals surface area contributed by atoms with Gasteiger partial charge in [-0.15, -0.1) is 0 Å². The zero-order valence-electron chi connectivity index (χ0n) is 22.3. The first-order chi connectivity index (χ1) is 20.3. The van der Waals surface area contributed by atoms with Gasteiger partial charge in [0, 0.05) is 11.1 Å². The highest BCUT2D eigenvalue weighted by molar-refractivity contribution is 6.07. The summed E-state index contributed by atoms with van der Waals surface area (Å²) in [4.78, 5) is 10.4. The largest absolute Gasteiger partial charge is 0.293 e. The van der Waals surface area contributed by atoms with E-state index in [1.807, 2.05) is 6.07 Å². The Morgan fingerprint density at radius 1 is 0.390 bits per heavy atom. The van der Waals surface area contributed by atoms with E-state index in [0.29, 0.717) is 0 Å². The summed E-state index contributed by atoms with van der Waals surface area (Å²) in [5.41, 5.74) is 12.8. The zero-order chi connectivity index (χ0) is 27.2. The molecule has 3 nitrogen and oxygen atoms in total. The number of fused-ring (bicyclic) bond motifs is 4. The summed E-state index contributed by atoms with van der Waals surface area (Å²) in [6.07, 6.45) is 0. The predicted molar refractivity (Wildman–Crippen MR) is 170 cm³/mol. The van der Waals surface area contributed by atoms with Gasteiger partial charge in [0.2, 0.25) is 0 Å². The Kier molecular flexibility index (Phi) is 5.46. The lowest BCUT2D eigenvalue weighted by molar-refractivity contribution is 1.14. The zero-order valence-corrected chi connectivity index (χ0v) is 22.3. The first-order valence-electron chi connectivity index (χ1n) is 13.8. The molecule has 0 radical (unpaired) electrons. The van der Waals surface area contributed by atoms with E-state index in [0.717, 1.165) is 49.9 Å². The quantitative estimate of drug-likeness (QED) is 0.230. The minimum absolute atomic E-state index is 0.870. The molecule has 0 amide bonds. The molecule has 0 spiro atoms. The smallest absolute Gasteiger partial charge is 0.165 e. The van der Waals surface area contributed by atoms with Crippen molar-refractivity contribution in [3.63, 3.8) is 0 Å². The van der Waals surface area contributed by atoms with Crippen LogP contribution in [0, 0.1) is 0 Å². The molecule has 0 saturated heterocycles. The Morgan fingerprint density at radius 3 is 1.61 bits per heavy atom. The van der Waals surface area contributed by atoms with E-state index in [1.165, 1.54) is 22.3 Å². The molecular formula is C38H25N3. The maximum Gasteiger partial charge on any atom is 0.165 e. The van der Waals surface area contributed by atoms with E-state index >= 15 is 0 Å². The van der Waals surface area contributed by atoms with Gasteiger partial charge in [-0.25, -0.2) is 9.97 Å². The molecule has 0 fully saturated rings. The van der Waals surface area contributed by atoms with E-state index in [2.05, 4.69) is 150 Å². The van der Waals surface area contributed by atoms with Crippen molar-refractivity contribution in [1.29, 1.82) is 0 Å². The molecule has 3 heteroatoms. The van der Waals surface area contributed by atoms with Crippen molar-refractivity contribution in [2.45, 2.75) is 0 Å². The highest BCUT2D eigenvalue weighted by atomic mass is 15.1. The normalized spacial score (nSPS) is 11.4. The van der Waals surface area contributed by atoms with Crippen LogP contribution in [0.5, 0.6) is 0 Å². The molecule has 0 saturated carbocycles. The van der Waals surface area contributed by atoms with Crippen LogP contribution in [0.3, 0.4) is 0 Å². The molecule has 0 unspecified atom stereocenters. The van der Waals surface area contributed by atoms with Gasteiger partial charge in [-0.2, -0.15) is 0 Å². The van der Waals surface area contributed by atoms with Crippen LogP contribution >= 0.6 is 0 Å². The maximum atomic E-state index is 5.22. The lowest BCUT2D eigenvalue weighted by Crippen LogP contribution is -1.96. The van der Waals surface area contributed by atoms with Crippen molar-refractivity contribution in [3.05, 3.63) is 152 Å². The number of benzene rings is 6. The summed E-state index contributed by atoms with van der Waals surface area (Å²) in [7, 11) is 0. The van der Waals surface area contributed by atoms with Gasteiger partial charge in [0.05, 0.1) is 16.6 Å². The molecule has 8 rings (SSSR count). The summed E-state index contributed by atoms with van der Waals surface area (Å²) in [5.74, 6) is 0.